The SMILES string of the molecule is CCC(C)CC(C)Nc1sc(C(=O)C(C)C)c(N)c1OC. The number of carbonyl (C=O) groups excluding carboxylic acids is 1. The molecule has 2 atom stereocenters. The number of rotatable bonds is 8. The molecule has 1 rings (SSSR count). The Labute approximate surface area is 132 Å². The fourth-order valence-corrected chi connectivity index (χ4v) is 3.51. The van der Waals surface area contributed by atoms with Crippen molar-refractivity contribution in [2.24, 2.45) is 11.8 Å². The van der Waals surface area contributed by atoms with E-state index in [1.807, 2.05) is 13.8 Å². The van der Waals surface area contributed by atoms with Gasteiger partial charge in [-0.2, -0.15) is 0 Å². The van der Waals surface area contributed by atoms with Gasteiger partial charge in [-0.15, -0.1) is 11.3 Å². The first-order valence-corrected chi connectivity index (χ1v) is 8.40. The highest BCUT2D eigenvalue weighted by atomic mass is 32.1. The van der Waals surface area contributed by atoms with Gasteiger partial charge >= 0.3 is 0 Å². The van der Waals surface area contributed by atoms with Gasteiger partial charge in [-0.3, -0.25) is 4.79 Å². The molecule has 0 amide bonds. The molecule has 1 aromatic rings. The lowest BCUT2D eigenvalue weighted by Crippen LogP contribution is -2.17. The van der Waals surface area contributed by atoms with Crippen LogP contribution in [-0.4, -0.2) is 18.9 Å². The number of methoxy groups -OCH3 is 1. The summed E-state index contributed by atoms with van der Waals surface area (Å²) in [6.07, 6.45) is 2.23. The highest BCUT2D eigenvalue weighted by Gasteiger charge is 2.24. The summed E-state index contributed by atoms with van der Waals surface area (Å²) in [5, 5.41) is 4.30. The fraction of sp³-hybridized carbons (Fsp3) is 0.688. The highest BCUT2D eigenvalue weighted by molar-refractivity contribution is 7.19. The van der Waals surface area contributed by atoms with Crippen LogP contribution in [0.2, 0.25) is 0 Å². The van der Waals surface area contributed by atoms with Gasteiger partial charge in [0.2, 0.25) is 0 Å². The van der Waals surface area contributed by atoms with E-state index in [9.17, 15) is 4.79 Å². The molecule has 5 heteroatoms. The van der Waals surface area contributed by atoms with Crippen molar-refractivity contribution in [3.63, 3.8) is 0 Å². The molecule has 0 spiro atoms. The van der Waals surface area contributed by atoms with Gasteiger partial charge < -0.3 is 15.8 Å². The van der Waals surface area contributed by atoms with Gasteiger partial charge in [0, 0.05) is 12.0 Å². The number of hydrogen-bond donors (Lipinski definition) is 2. The number of carbonyl (C=O) groups is 1. The van der Waals surface area contributed by atoms with Crippen molar-refractivity contribution in [3.8, 4) is 5.75 Å². The predicted molar refractivity (Wildman–Crippen MR) is 91.6 cm³/mol. The highest BCUT2D eigenvalue weighted by Crippen LogP contribution is 2.43. The molecule has 0 saturated carbocycles. The average molecular weight is 312 g/mol. The minimum atomic E-state index is -0.0685. The zero-order chi connectivity index (χ0) is 16.2. The molecule has 2 unspecified atom stereocenters. The molecule has 0 fully saturated rings. The Kier molecular flexibility index (Phi) is 6.52. The van der Waals surface area contributed by atoms with Crippen molar-refractivity contribution in [2.75, 3.05) is 18.2 Å². The predicted octanol–water partition coefficient (Wildman–Crippen LogP) is 4.41. The van der Waals surface area contributed by atoms with Crippen LogP contribution < -0.4 is 15.8 Å². The maximum absolute atomic E-state index is 12.2. The van der Waals surface area contributed by atoms with Crippen molar-refractivity contribution in [1.29, 1.82) is 0 Å². The number of hydrogen-bond acceptors (Lipinski definition) is 5. The third-order valence-electron chi connectivity index (χ3n) is 3.68. The van der Waals surface area contributed by atoms with Gasteiger partial charge in [0.25, 0.3) is 0 Å². The Morgan fingerprint density at radius 2 is 1.95 bits per heavy atom. The van der Waals surface area contributed by atoms with Gasteiger partial charge in [0.15, 0.2) is 11.5 Å². The largest absolute Gasteiger partial charge is 0.492 e. The minimum absolute atomic E-state index is 0.0680. The molecule has 0 aromatic carbocycles. The molecular formula is C16H28N2O2S. The quantitative estimate of drug-likeness (QED) is 0.698. The lowest BCUT2D eigenvalue weighted by molar-refractivity contribution is 0.0944. The van der Waals surface area contributed by atoms with E-state index in [1.165, 1.54) is 11.3 Å². The molecule has 0 aliphatic rings. The Morgan fingerprint density at radius 1 is 1.33 bits per heavy atom. The second-order valence-corrected chi connectivity index (χ2v) is 7.04. The van der Waals surface area contributed by atoms with Crippen molar-refractivity contribution in [2.45, 2.75) is 53.5 Å². The second-order valence-electron chi connectivity index (χ2n) is 6.02. The van der Waals surface area contributed by atoms with Crippen LogP contribution in [0, 0.1) is 11.8 Å². The van der Waals surface area contributed by atoms with Crippen LogP contribution in [0.25, 0.3) is 0 Å². The lowest BCUT2D eigenvalue weighted by atomic mass is 10.0. The summed E-state index contributed by atoms with van der Waals surface area (Å²) in [5.74, 6) is 1.26. The monoisotopic (exact) mass is 312 g/mol. The van der Waals surface area contributed by atoms with Crippen LogP contribution in [0.1, 0.15) is 57.1 Å². The molecule has 0 bridgehead atoms. The summed E-state index contributed by atoms with van der Waals surface area (Å²) >= 11 is 1.40. The van der Waals surface area contributed by atoms with E-state index in [4.69, 9.17) is 10.5 Å². The number of anilines is 2. The standard InChI is InChI=1S/C16H28N2O2S/c1-7-10(4)8-11(5)18-16-14(20-6)12(17)15(21-16)13(19)9(2)3/h9-11,18H,7-8,17H2,1-6H3. The number of Topliss-reactive ketones (excluding diaryl/α,β-unsaturated/α-hetero) is 1. The zero-order valence-corrected chi connectivity index (χ0v) is 14.8. The summed E-state index contributed by atoms with van der Waals surface area (Å²) in [6, 6.07) is 0.314. The summed E-state index contributed by atoms with van der Waals surface area (Å²) in [5.41, 5.74) is 6.54. The van der Waals surface area contributed by atoms with E-state index >= 15 is 0 Å². The van der Waals surface area contributed by atoms with E-state index in [-0.39, 0.29) is 11.7 Å². The van der Waals surface area contributed by atoms with Gasteiger partial charge in [-0.25, -0.2) is 0 Å². The Morgan fingerprint density at radius 3 is 2.43 bits per heavy atom. The second kappa shape index (κ2) is 7.69. The molecule has 3 N–H and O–H groups in total. The van der Waals surface area contributed by atoms with E-state index in [2.05, 4.69) is 26.1 Å². The van der Waals surface area contributed by atoms with Crippen LogP contribution in [0.5, 0.6) is 5.75 Å². The van der Waals surface area contributed by atoms with Crippen LogP contribution in [-0.2, 0) is 0 Å². The summed E-state index contributed by atoms with van der Waals surface area (Å²) in [6.45, 7) is 10.3. The van der Waals surface area contributed by atoms with E-state index in [0.29, 0.717) is 28.3 Å². The van der Waals surface area contributed by atoms with Crippen LogP contribution >= 0.6 is 11.3 Å². The summed E-state index contributed by atoms with van der Waals surface area (Å²) < 4.78 is 5.39. The Hall–Kier alpha value is -1.23. The smallest absolute Gasteiger partial charge is 0.177 e. The maximum Gasteiger partial charge on any atom is 0.177 e. The molecular weight excluding hydrogens is 284 g/mol. The molecule has 0 aliphatic heterocycles. The van der Waals surface area contributed by atoms with Crippen LogP contribution in [0.15, 0.2) is 0 Å². The third-order valence-corrected chi connectivity index (χ3v) is 4.81. The first kappa shape index (κ1) is 17.8. The molecule has 0 aliphatic carbocycles. The number of nitrogens with one attached hydrogen (secondary N) is 1. The van der Waals surface area contributed by atoms with Gasteiger partial charge in [-0.1, -0.05) is 34.1 Å². The first-order chi connectivity index (χ1) is 9.81. The molecule has 4 nitrogen and oxygen atoms in total. The van der Waals surface area contributed by atoms with Gasteiger partial charge in [0.05, 0.1) is 17.7 Å². The van der Waals surface area contributed by atoms with Crippen LogP contribution in [0.4, 0.5) is 10.7 Å². The summed E-state index contributed by atoms with van der Waals surface area (Å²) in [7, 11) is 1.59. The van der Waals surface area contributed by atoms with Crippen molar-refractivity contribution >= 4 is 27.8 Å². The minimum Gasteiger partial charge on any atom is -0.492 e. The topological polar surface area (TPSA) is 64.4 Å². The van der Waals surface area contributed by atoms with Crippen molar-refractivity contribution in [1.82, 2.24) is 0 Å². The number of ether oxygens (including phenoxy) is 1. The van der Waals surface area contributed by atoms with Crippen LogP contribution in [0.3, 0.4) is 0 Å². The van der Waals surface area contributed by atoms with Gasteiger partial charge in [0.1, 0.15) is 5.00 Å². The van der Waals surface area contributed by atoms with Crippen molar-refractivity contribution in [3.05, 3.63) is 4.88 Å². The molecule has 1 heterocycles. The molecule has 0 radical (unpaired) electrons. The van der Waals surface area contributed by atoms with E-state index < -0.39 is 0 Å². The normalized spacial score (nSPS) is 14.0. The zero-order valence-electron chi connectivity index (χ0n) is 13.9. The molecule has 120 valence electrons. The maximum atomic E-state index is 12.2. The Bertz CT molecular complexity index is 483. The Balaban J connectivity index is 2.97. The number of thiophene rings is 1. The third kappa shape index (κ3) is 4.37. The first-order valence-electron chi connectivity index (χ1n) is 7.58. The number of nitrogen functional groups attached to an aromatic ring is 1. The number of ketones is 1. The van der Waals surface area contributed by atoms with E-state index in [1.54, 1.807) is 7.11 Å². The van der Waals surface area contributed by atoms with E-state index in [0.717, 1.165) is 17.8 Å². The fourth-order valence-electron chi connectivity index (χ4n) is 2.22. The average Bonchev–Trinajstić information content (AvgIpc) is 2.73. The molecule has 0 saturated heterocycles. The molecule has 21 heavy (non-hydrogen) atoms. The lowest BCUT2D eigenvalue weighted by Gasteiger charge is -2.18. The summed E-state index contributed by atoms with van der Waals surface area (Å²) in [4.78, 5) is 12.8. The van der Waals surface area contributed by atoms with Crippen molar-refractivity contribution < 1.29 is 9.53 Å². The number of nitrogens with two attached hydrogens (primary N) is 1. The molecule has 1 aromatic heterocycles. The van der Waals surface area contributed by atoms with Gasteiger partial charge in [-0.05, 0) is 19.3 Å².